The molecule has 17 heavy (non-hydrogen) atoms. The van der Waals surface area contributed by atoms with Gasteiger partial charge in [0.2, 0.25) is 0 Å². The standard InChI is InChI=1S/C17H30/c1-6-9-10-12-17(13-15(4)8-3)14-16(5)11-7-2/h7-8,12,15-16H,2-3,6,9-11,13-14H2,1,4-5H3. The molecule has 0 aliphatic rings. The van der Waals surface area contributed by atoms with Gasteiger partial charge in [-0.15, -0.1) is 13.2 Å². The van der Waals surface area contributed by atoms with Crippen molar-refractivity contribution in [3.8, 4) is 0 Å². The van der Waals surface area contributed by atoms with Crippen molar-refractivity contribution in [1.82, 2.24) is 0 Å². The summed E-state index contributed by atoms with van der Waals surface area (Å²) < 4.78 is 0. The first-order valence-corrected chi connectivity index (χ1v) is 7.05. The van der Waals surface area contributed by atoms with Crippen molar-refractivity contribution in [3.05, 3.63) is 37.0 Å². The van der Waals surface area contributed by atoms with Crippen LogP contribution in [0.15, 0.2) is 37.0 Å². The minimum atomic E-state index is 0.596. The van der Waals surface area contributed by atoms with Gasteiger partial charge in [-0.1, -0.05) is 57.4 Å². The van der Waals surface area contributed by atoms with Gasteiger partial charge in [0.25, 0.3) is 0 Å². The molecule has 0 saturated heterocycles. The van der Waals surface area contributed by atoms with Gasteiger partial charge in [-0.05, 0) is 37.5 Å². The Morgan fingerprint density at radius 3 is 2.41 bits per heavy atom. The lowest BCUT2D eigenvalue weighted by Gasteiger charge is -2.15. The number of unbranched alkanes of at least 4 members (excludes halogenated alkanes) is 2. The largest absolute Gasteiger partial charge is 0.103 e. The Balaban J connectivity index is 4.32. The molecule has 0 aromatic carbocycles. The van der Waals surface area contributed by atoms with Gasteiger partial charge in [-0.2, -0.15) is 0 Å². The van der Waals surface area contributed by atoms with E-state index in [1.165, 1.54) is 32.1 Å². The van der Waals surface area contributed by atoms with Gasteiger partial charge in [0.1, 0.15) is 0 Å². The van der Waals surface area contributed by atoms with Crippen LogP contribution in [-0.2, 0) is 0 Å². The van der Waals surface area contributed by atoms with Crippen molar-refractivity contribution in [2.45, 2.75) is 59.3 Å². The van der Waals surface area contributed by atoms with Crippen LogP contribution in [0.25, 0.3) is 0 Å². The molecule has 0 heterocycles. The molecule has 0 rings (SSSR count). The lowest BCUT2D eigenvalue weighted by atomic mass is 9.91. The van der Waals surface area contributed by atoms with Crippen LogP contribution in [0.4, 0.5) is 0 Å². The van der Waals surface area contributed by atoms with Crippen LogP contribution in [-0.4, -0.2) is 0 Å². The van der Waals surface area contributed by atoms with E-state index in [-0.39, 0.29) is 0 Å². The zero-order valence-corrected chi connectivity index (χ0v) is 12.0. The molecule has 0 aliphatic heterocycles. The van der Waals surface area contributed by atoms with Gasteiger partial charge in [0.05, 0.1) is 0 Å². The maximum Gasteiger partial charge on any atom is -0.0227 e. The van der Waals surface area contributed by atoms with Gasteiger partial charge in [0.15, 0.2) is 0 Å². The maximum absolute atomic E-state index is 3.88. The van der Waals surface area contributed by atoms with Crippen molar-refractivity contribution in [2.75, 3.05) is 0 Å². The normalized spacial score (nSPS) is 15.4. The SMILES string of the molecule is C=CCC(C)CC(=CCCCC)CC(C)C=C. The third kappa shape index (κ3) is 8.97. The molecular weight excluding hydrogens is 204 g/mol. The Kier molecular flexibility index (Phi) is 9.90. The fraction of sp³-hybridized carbons (Fsp3) is 0.647. The van der Waals surface area contributed by atoms with E-state index in [2.05, 4.69) is 46.1 Å². The van der Waals surface area contributed by atoms with Crippen LogP contribution in [0, 0.1) is 11.8 Å². The molecule has 0 aromatic rings. The molecule has 0 nitrogen and oxygen atoms in total. The van der Waals surface area contributed by atoms with Crippen molar-refractivity contribution < 1.29 is 0 Å². The smallest absolute Gasteiger partial charge is 0.0227 e. The lowest BCUT2D eigenvalue weighted by Crippen LogP contribution is -2.00. The zero-order valence-electron chi connectivity index (χ0n) is 12.0. The number of allylic oxidation sites excluding steroid dienone is 4. The molecule has 0 aliphatic carbocycles. The first-order chi connectivity index (χ1) is 8.13. The van der Waals surface area contributed by atoms with Gasteiger partial charge in [-0.25, -0.2) is 0 Å². The third-order valence-electron chi connectivity index (χ3n) is 3.16. The molecular formula is C17H30. The summed E-state index contributed by atoms with van der Waals surface area (Å²) in [6.07, 6.45) is 13.9. The highest BCUT2D eigenvalue weighted by Crippen LogP contribution is 2.23. The molecule has 0 aromatic heterocycles. The minimum Gasteiger partial charge on any atom is -0.103 e. The highest BCUT2D eigenvalue weighted by molar-refractivity contribution is 5.06. The summed E-state index contributed by atoms with van der Waals surface area (Å²) in [6, 6.07) is 0. The number of hydrogen-bond acceptors (Lipinski definition) is 0. The van der Waals surface area contributed by atoms with E-state index in [1.54, 1.807) is 5.57 Å². The van der Waals surface area contributed by atoms with Crippen LogP contribution >= 0.6 is 0 Å². The third-order valence-corrected chi connectivity index (χ3v) is 3.16. The molecule has 0 heteroatoms. The van der Waals surface area contributed by atoms with E-state index in [0.717, 1.165) is 12.3 Å². The average molecular weight is 234 g/mol. The van der Waals surface area contributed by atoms with E-state index in [1.807, 2.05) is 6.08 Å². The molecule has 0 bridgehead atoms. The summed E-state index contributed by atoms with van der Waals surface area (Å²) in [5, 5.41) is 0. The second kappa shape index (κ2) is 10.4. The minimum absolute atomic E-state index is 0.596. The van der Waals surface area contributed by atoms with Crippen molar-refractivity contribution >= 4 is 0 Å². The van der Waals surface area contributed by atoms with E-state index in [0.29, 0.717) is 5.92 Å². The topological polar surface area (TPSA) is 0 Å². The highest BCUT2D eigenvalue weighted by atomic mass is 14.1. The molecule has 0 fully saturated rings. The highest BCUT2D eigenvalue weighted by Gasteiger charge is 2.07. The summed E-state index contributed by atoms with van der Waals surface area (Å²) >= 11 is 0. The summed E-state index contributed by atoms with van der Waals surface area (Å²) in [5.41, 5.74) is 1.61. The van der Waals surface area contributed by atoms with E-state index >= 15 is 0 Å². The summed E-state index contributed by atoms with van der Waals surface area (Å²) in [7, 11) is 0. The molecule has 0 amide bonds. The molecule has 0 spiro atoms. The van der Waals surface area contributed by atoms with E-state index in [9.17, 15) is 0 Å². The summed E-state index contributed by atoms with van der Waals surface area (Å²) in [5.74, 6) is 1.32. The van der Waals surface area contributed by atoms with Gasteiger partial charge in [0, 0.05) is 0 Å². The van der Waals surface area contributed by atoms with Crippen LogP contribution < -0.4 is 0 Å². The van der Waals surface area contributed by atoms with Crippen LogP contribution in [0.2, 0.25) is 0 Å². The summed E-state index contributed by atoms with van der Waals surface area (Å²) in [4.78, 5) is 0. The molecule has 2 unspecified atom stereocenters. The maximum atomic E-state index is 3.88. The van der Waals surface area contributed by atoms with Crippen LogP contribution in [0.5, 0.6) is 0 Å². The molecule has 0 saturated carbocycles. The van der Waals surface area contributed by atoms with Gasteiger partial charge >= 0.3 is 0 Å². The van der Waals surface area contributed by atoms with Crippen LogP contribution in [0.1, 0.15) is 59.3 Å². The molecule has 98 valence electrons. The summed E-state index contributed by atoms with van der Waals surface area (Å²) in [6.45, 7) is 14.5. The zero-order chi connectivity index (χ0) is 13.1. The Hall–Kier alpha value is -0.780. The fourth-order valence-electron chi connectivity index (χ4n) is 2.07. The fourth-order valence-corrected chi connectivity index (χ4v) is 2.07. The van der Waals surface area contributed by atoms with E-state index < -0.39 is 0 Å². The van der Waals surface area contributed by atoms with Crippen molar-refractivity contribution in [3.63, 3.8) is 0 Å². The Morgan fingerprint density at radius 2 is 1.88 bits per heavy atom. The second-order valence-corrected chi connectivity index (χ2v) is 5.26. The van der Waals surface area contributed by atoms with Crippen molar-refractivity contribution in [1.29, 1.82) is 0 Å². The molecule has 2 atom stereocenters. The van der Waals surface area contributed by atoms with Crippen LogP contribution in [0.3, 0.4) is 0 Å². The monoisotopic (exact) mass is 234 g/mol. The number of rotatable bonds is 10. The van der Waals surface area contributed by atoms with Gasteiger partial charge < -0.3 is 0 Å². The quantitative estimate of drug-likeness (QED) is 0.325. The lowest BCUT2D eigenvalue weighted by molar-refractivity contribution is 0.554. The first kappa shape index (κ1) is 16.2. The second-order valence-electron chi connectivity index (χ2n) is 5.26. The first-order valence-electron chi connectivity index (χ1n) is 7.05. The number of hydrogen-bond donors (Lipinski definition) is 0. The van der Waals surface area contributed by atoms with Crippen molar-refractivity contribution in [2.24, 2.45) is 11.8 Å². The molecule has 0 radical (unpaired) electrons. The predicted octanol–water partition coefficient (Wildman–Crippen LogP) is 5.92. The van der Waals surface area contributed by atoms with E-state index in [4.69, 9.17) is 0 Å². The van der Waals surface area contributed by atoms with Gasteiger partial charge in [-0.3, -0.25) is 0 Å². The predicted molar refractivity (Wildman–Crippen MR) is 80.2 cm³/mol. The average Bonchev–Trinajstić information content (AvgIpc) is 2.29. The Bertz CT molecular complexity index is 234. The Labute approximate surface area is 109 Å². The molecule has 0 N–H and O–H groups in total. The Morgan fingerprint density at radius 1 is 1.18 bits per heavy atom.